The topological polar surface area (TPSA) is 38.3 Å². The SMILES string of the molecule is COC(=O)c1ccc(CNC(C)CC(C)C)cc1. The first-order chi connectivity index (χ1) is 8.52. The molecule has 0 fully saturated rings. The Hall–Kier alpha value is -1.35. The standard InChI is InChI=1S/C15H23NO2/c1-11(2)9-12(3)16-10-13-5-7-14(8-6-13)15(17)18-4/h5-8,11-12,16H,9-10H2,1-4H3. The molecule has 100 valence electrons. The molecular formula is C15H23NO2. The zero-order chi connectivity index (χ0) is 13.5. The fraction of sp³-hybridized carbons (Fsp3) is 0.533. The molecule has 18 heavy (non-hydrogen) atoms. The molecule has 0 heterocycles. The lowest BCUT2D eigenvalue weighted by Crippen LogP contribution is -2.26. The molecule has 0 bridgehead atoms. The van der Waals surface area contributed by atoms with Crippen LogP contribution >= 0.6 is 0 Å². The van der Waals surface area contributed by atoms with E-state index in [4.69, 9.17) is 0 Å². The Balaban J connectivity index is 2.46. The largest absolute Gasteiger partial charge is 0.465 e. The highest BCUT2D eigenvalue weighted by Crippen LogP contribution is 2.08. The first-order valence-electron chi connectivity index (χ1n) is 6.43. The van der Waals surface area contributed by atoms with Crippen LogP contribution in [-0.2, 0) is 11.3 Å². The molecule has 1 aromatic rings. The lowest BCUT2D eigenvalue weighted by Gasteiger charge is -2.15. The van der Waals surface area contributed by atoms with E-state index in [1.807, 2.05) is 12.1 Å². The van der Waals surface area contributed by atoms with Crippen LogP contribution in [0.15, 0.2) is 24.3 Å². The third-order valence-electron chi connectivity index (χ3n) is 2.85. The molecule has 1 N–H and O–H groups in total. The molecule has 0 radical (unpaired) electrons. The van der Waals surface area contributed by atoms with Crippen LogP contribution in [0.2, 0.25) is 0 Å². The van der Waals surface area contributed by atoms with Crippen molar-refractivity contribution < 1.29 is 9.53 Å². The molecule has 1 atom stereocenters. The van der Waals surface area contributed by atoms with Crippen molar-refractivity contribution in [3.8, 4) is 0 Å². The second kappa shape index (κ2) is 7.17. The van der Waals surface area contributed by atoms with E-state index < -0.39 is 0 Å². The van der Waals surface area contributed by atoms with Gasteiger partial charge in [-0.05, 0) is 37.0 Å². The fourth-order valence-corrected chi connectivity index (χ4v) is 1.96. The molecule has 1 rings (SSSR count). The maximum Gasteiger partial charge on any atom is 0.337 e. The van der Waals surface area contributed by atoms with Gasteiger partial charge in [0.05, 0.1) is 12.7 Å². The Bertz CT molecular complexity index is 371. The van der Waals surface area contributed by atoms with Crippen LogP contribution in [0.3, 0.4) is 0 Å². The lowest BCUT2D eigenvalue weighted by molar-refractivity contribution is 0.0600. The summed E-state index contributed by atoms with van der Waals surface area (Å²) in [6, 6.07) is 8.03. The molecule has 0 aliphatic heterocycles. The van der Waals surface area contributed by atoms with Gasteiger partial charge in [-0.15, -0.1) is 0 Å². The molecular weight excluding hydrogens is 226 g/mol. The van der Waals surface area contributed by atoms with E-state index in [0.717, 1.165) is 6.54 Å². The summed E-state index contributed by atoms with van der Waals surface area (Å²) in [4.78, 5) is 11.3. The number of hydrogen-bond acceptors (Lipinski definition) is 3. The van der Waals surface area contributed by atoms with Gasteiger partial charge in [-0.2, -0.15) is 0 Å². The van der Waals surface area contributed by atoms with Crippen molar-refractivity contribution in [2.75, 3.05) is 7.11 Å². The highest BCUT2D eigenvalue weighted by Gasteiger charge is 2.06. The van der Waals surface area contributed by atoms with E-state index in [-0.39, 0.29) is 5.97 Å². The lowest BCUT2D eigenvalue weighted by atomic mass is 10.0. The van der Waals surface area contributed by atoms with Crippen molar-refractivity contribution in [3.05, 3.63) is 35.4 Å². The quantitative estimate of drug-likeness (QED) is 0.788. The number of rotatable bonds is 6. The minimum atomic E-state index is -0.289. The van der Waals surface area contributed by atoms with Crippen molar-refractivity contribution in [3.63, 3.8) is 0 Å². The van der Waals surface area contributed by atoms with Crippen LogP contribution in [0.1, 0.15) is 43.1 Å². The summed E-state index contributed by atoms with van der Waals surface area (Å²) >= 11 is 0. The van der Waals surface area contributed by atoms with Crippen molar-refractivity contribution in [1.29, 1.82) is 0 Å². The number of carbonyl (C=O) groups is 1. The predicted molar refractivity (Wildman–Crippen MR) is 73.5 cm³/mol. The number of carbonyl (C=O) groups excluding carboxylic acids is 1. The maximum atomic E-state index is 11.3. The molecule has 0 aliphatic carbocycles. The summed E-state index contributed by atoms with van der Waals surface area (Å²) in [5.74, 6) is 0.414. The number of nitrogens with one attached hydrogen (secondary N) is 1. The monoisotopic (exact) mass is 249 g/mol. The summed E-state index contributed by atoms with van der Waals surface area (Å²) in [7, 11) is 1.39. The first-order valence-corrected chi connectivity index (χ1v) is 6.43. The van der Waals surface area contributed by atoms with Gasteiger partial charge in [-0.25, -0.2) is 4.79 Å². The number of hydrogen-bond donors (Lipinski definition) is 1. The fourth-order valence-electron chi connectivity index (χ4n) is 1.96. The first kappa shape index (κ1) is 14.7. The summed E-state index contributed by atoms with van der Waals surface area (Å²) in [6.07, 6.45) is 1.17. The Morgan fingerprint density at radius 1 is 1.22 bits per heavy atom. The van der Waals surface area contributed by atoms with Gasteiger partial charge < -0.3 is 10.1 Å². The summed E-state index contributed by atoms with van der Waals surface area (Å²) in [5.41, 5.74) is 1.77. The second-order valence-electron chi connectivity index (χ2n) is 5.10. The molecule has 0 aliphatic rings. The maximum absolute atomic E-state index is 11.3. The average molecular weight is 249 g/mol. The van der Waals surface area contributed by atoms with Crippen molar-refractivity contribution >= 4 is 5.97 Å². The van der Waals surface area contributed by atoms with Crippen LogP contribution in [-0.4, -0.2) is 19.1 Å². The van der Waals surface area contributed by atoms with E-state index in [9.17, 15) is 4.79 Å². The Morgan fingerprint density at radius 3 is 2.33 bits per heavy atom. The van der Waals surface area contributed by atoms with Gasteiger partial charge in [-0.3, -0.25) is 0 Å². The average Bonchev–Trinajstić information content (AvgIpc) is 2.35. The predicted octanol–water partition coefficient (Wildman–Crippen LogP) is 3.00. The molecule has 1 unspecified atom stereocenters. The van der Waals surface area contributed by atoms with Crippen LogP contribution in [0.5, 0.6) is 0 Å². The Labute approximate surface area is 110 Å². The number of ether oxygens (including phenoxy) is 1. The van der Waals surface area contributed by atoms with Crippen LogP contribution in [0, 0.1) is 5.92 Å². The van der Waals surface area contributed by atoms with Crippen molar-refractivity contribution in [2.45, 2.75) is 39.8 Å². The van der Waals surface area contributed by atoms with E-state index in [2.05, 4.69) is 30.8 Å². The highest BCUT2D eigenvalue weighted by molar-refractivity contribution is 5.89. The van der Waals surface area contributed by atoms with Gasteiger partial charge in [-0.1, -0.05) is 26.0 Å². The van der Waals surface area contributed by atoms with Gasteiger partial charge in [0.2, 0.25) is 0 Å². The second-order valence-corrected chi connectivity index (χ2v) is 5.10. The smallest absolute Gasteiger partial charge is 0.337 e. The third-order valence-corrected chi connectivity index (χ3v) is 2.85. The number of esters is 1. The minimum absolute atomic E-state index is 0.289. The van der Waals surface area contributed by atoms with E-state index >= 15 is 0 Å². The van der Waals surface area contributed by atoms with Gasteiger partial charge in [0.1, 0.15) is 0 Å². The van der Waals surface area contributed by atoms with E-state index in [1.54, 1.807) is 12.1 Å². The normalized spacial score (nSPS) is 12.5. The third kappa shape index (κ3) is 4.88. The van der Waals surface area contributed by atoms with E-state index in [0.29, 0.717) is 17.5 Å². The zero-order valence-electron chi connectivity index (χ0n) is 11.7. The van der Waals surface area contributed by atoms with Gasteiger partial charge in [0, 0.05) is 12.6 Å². The molecule has 1 aromatic carbocycles. The molecule has 0 spiro atoms. The molecule has 0 aromatic heterocycles. The zero-order valence-corrected chi connectivity index (χ0v) is 11.7. The van der Waals surface area contributed by atoms with Gasteiger partial charge >= 0.3 is 5.97 Å². The van der Waals surface area contributed by atoms with Gasteiger partial charge in [0.25, 0.3) is 0 Å². The Morgan fingerprint density at radius 2 is 1.83 bits per heavy atom. The summed E-state index contributed by atoms with van der Waals surface area (Å²) < 4.78 is 4.66. The van der Waals surface area contributed by atoms with Crippen LogP contribution < -0.4 is 5.32 Å². The molecule has 3 nitrogen and oxygen atoms in total. The van der Waals surface area contributed by atoms with Crippen molar-refractivity contribution in [2.24, 2.45) is 5.92 Å². The van der Waals surface area contributed by atoms with Crippen LogP contribution in [0.25, 0.3) is 0 Å². The summed E-state index contributed by atoms with van der Waals surface area (Å²) in [5, 5.41) is 3.48. The summed E-state index contributed by atoms with van der Waals surface area (Å²) in [6.45, 7) is 7.48. The Kier molecular flexibility index (Phi) is 5.86. The van der Waals surface area contributed by atoms with Gasteiger partial charge in [0.15, 0.2) is 0 Å². The minimum Gasteiger partial charge on any atom is -0.465 e. The molecule has 3 heteroatoms. The van der Waals surface area contributed by atoms with E-state index in [1.165, 1.54) is 19.1 Å². The highest BCUT2D eigenvalue weighted by atomic mass is 16.5. The van der Waals surface area contributed by atoms with Crippen LogP contribution in [0.4, 0.5) is 0 Å². The number of benzene rings is 1. The molecule has 0 saturated carbocycles. The number of methoxy groups -OCH3 is 1. The molecule has 0 amide bonds. The molecule has 0 saturated heterocycles. The van der Waals surface area contributed by atoms with Crippen molar-refractivity contribution in [1.82, 2.24) is 5.32 Å².